The smallest absolute Gasteiger partial charge is 0.146 e. The normalized spacial score (nSPS) is 20.9. The molecule has 1 saturated heterocycles. The molecular weight excluding hydrogens is 501 g/mol. The molecule has 4 heterocycles. The number of likely N-dealkylation sites (N-methyl/N-ethyl adjacent to an activating group) is 1. The van der Waals surface area contributed by atoms with Crippen molar-refractivity contribution in [3.63, 3.8) is 0 Å². The van der Waals surface area contributed by atoms with Gasteiger partial charge in [-0.3, -0.25) is 4.90 Å². The molecule has 0 spiro atoms. The third kappa shape index (κ3) is 4.55. The molecule has 0 bridgehead atoms. The van der Waals surface area contributed by atoms with Gasteiger partial charge in [0.25, 0.3) is 0 Å². The third-order valence-corrected chi connectivity index (χ3v) is 9.13. The number of benzene rings is 2. The van der Waals surface area contributed by atoms with Gasteiger partial charge in [0.15, 0.2) is 0 Å². The lowest BCUT2D eigenvalue weighted by atomic mass is 9.89. The van der Waals surface area contributed by atoms with Crippen LogP contribution in [0.15, 0.2) is 67.3 Å². The van der Waals surface area contributed by atoms with Crippen molar-refractivity contribution in [3.05, 3.63) is 78.6 Å². The predicted octanol–water partition coefficient (Wildman–Crippen LogP) is 5.55. The second-order valence-corrected chi connectivity index (χ2v) is 11.5. The van der Waals surface area contributed by atoms with Gasteiger partial charge in [-0.05, 0) is 62.6 Å². The van der Waals surface area contributed by atoms with Gasteiger partial charge in [-0.1, -0.05) is 24.3 Å². The first-order chi connectivity index (χ1) is 19.5. The van der Waals surface area contributed by atoms with E-state index in [9.17, 15) is 4.39 Å². The van der Waals surface area contributed by atoms with Crippen molar-refractivity contribution in [1.82, 2.24) is 28.9 Å². The Morgan fingerprint density at radius 2 is 1.70 bits per heavy atom. The summed E-state index contributed by atoms with van der Waals surface area (Å²) in [4.78, 5) is 14.2. The molecule has 7 nitrogen and oxygen atoms in total. The summed E-state index contributed by atoms with van der Waals surface area (Å²) in [6.07, 6.45) is 10.6. The third-order valence-electron chi connectivity index (χ3n) is 9.13. The zero-order valence-electron chi connectivity index (χ0n) is 23.0. The van der Waals surface area contributed by atoms with Gasteiger partial charge in [0.05, 0.1) is 11.9 Å². The van der Waals surface area contributed by atoms with Crippen molar-refractivity contribution in [2.24, 2.45) is 0 Å². The molecular formula is C32H36FN7. The second-order valence-electron chi connectivity index (χ2n) is 11.5. The number of nitrogens with two attached hydrogens (primary N) is 1. The Morgan fingerprint density at radius 3 is 2.50 bits per heavy atom. The fraction of sp³-hybridized carbons (Fsp3) is 0.375. The van der Waals surface area contributed by atoms with E-state index in [4.69, 9.17) is 10.7 Å². The van der Waals surface area contributed by atoms with Crippen molar-refractivity contribution in [1.29, 1.82) is 0 Å². The molecule has 7 rings (SSSR count). The van der Waals surface area contributed by atoms with Gasteiger partial charge < -0.3 is 19.8 Å². The summed E-state index contributed by atoms with van der Waals surface area (Å²) in [6.45, 7) is 5.18. The number of hydrogen-bond donors (Lipinski definition) is 1. The highest BCUT2D eigenvalue weighted by Crippen LogP contribution is 2.39. The summed E-state index contributed by atoms with van der Waals surface area (Å²) in [6, 6.07) is 16.6. The molecule has 0 radical (unpaired) electrons. The zero-order chi connectivity index (χ0) is 27.2. The summed E-state index contributed by atoms with van der Waals surface area (Å²) in [5.74, 6) is 0.337. The fourth-order valence-corrected chi connectivity index (χ4v) is 6.81. The van der Waals surface area contributed by atoms with Gasteiger partial charge in [-0.2, -0.15) is 0 Å². The van der Waals surface area contributed by atoms with Gasteiger partial charge in [0.2, 0.25) is 0 Å². The quantitative estimate of drug-likeness (QED) is 0.318. The van der Waals surface area contributed by atoms with Crippen LogP contribution in [0.25, 0.3) is 33.1 Å². The number of hydrogen-bond acceptors (Lipinski definition) is 5. The minimum atomic E-state index is -0.179. The standard InChI is InChI=1S/C32H36FN7/c1-37-14-16-38(17-15-37)25-7-9-26(10-8-25)40-20-27(30-31(34)35-21-36-32(30)40)22-6-11-29-23(18-22)12-13-39(29)19-24-4-2-3-5-28(24)33/h2-6,11-13,18,20-21,25-26H,7-10,14-17,19H2,1H3,(H2,34,35,36). The zero-order valence-corrected chi connectivity index (χ0v) is 23.0. The largest absolute Gasteiger partial charge is 0.383 e. The number of nitrogen functional groups attached to an aromatic ring is 1. The minimum Gasteiger partial charge on any atom is -0.383 e. The van der Waals surface area contributed by atoms with Crippen molar-refractivity contribution in [2.45, 2.75) is 44.3 Å². The highest BCUT2D eigenvalue weighted by molar-refractivity contribution is 6.02. The summed E-state index contributed by atoms with van der Waals surface area (Å²) in [5, 5.41) is 2.03. The van der Waals surface area contributed by atoms with Crippen LogP contribution < -0.4 is 5.73 Å². The van der Waals surface area contributed by atoms with Gasteiger partial charge >= 0.3 is 0 Å². The number of anilines is 1. The van der Waals surface area contributed by atoms with Gasteiger partial charge in [0, 0.05) is 72.7 Å². The molecule has 2 fully saturated rings. The molecule has 0 unspecified atom stereocenters. The molecule has 2 aromatic carbocycles. The highest BCUT2D eigenvalue weighted by atomic mass is 19.1. The number of fused-ring (bicyclic) bond motifs is 2. The lowest BCUT2D eigenvalue weighted by Crippen LogP contribution is -2.49. The number of rotatable bonds is 5. The van der Waals surface area contributed by atoms with E-state index < -0.39 is 0 Å². The molecule has 0 amide bonds. The summed E-state index contributed by atoms with van der Waals surface area (Å²) in [7, 11) is 2.22. The monoisotopic (exact) mass is 537 g/mol. The van der Waals surface area contributed by atoms with Crippen molar-refractivity contribution in [2.75, 3.05) is 39.0 Å². The van der Waals surface area contributed by atoms with Crippen molar-refractivity contribution >= 4 is 27.8 Å². The Hall–Kier alpha value is -3.75. The Kier molecular flexibility index (Phi) is 6.52. The van der Waals surface area contributed by atoms with Crippen LogP contribution in [0.3, 0.4) is 0 Å². The molecule has 1 aliphatic carbocycles. The van der Waals surface area contributed by atoms with E-state index in [1.165, 1.54) is 45.1 Å². The number of piperazine rings is 1. The first kappa shape index (κ1) is 25.2. The van der Waals surface area contributed by atoms with E-state index in [0.29, 0.717) is 30.0 Å². The number of aromatic nitrogens is 4. The fourth-order valence-electron chi connectivity index (χ4n) is 6.81. The minimum absolute atomic E-state index is 0.179. The van der Waals surface area contributed by atoms with E-state index in [0.717, 1.165) is 45.9 Å². The van der Waals surface area contributed by atoms with Crippen LogP contribution in [-0.4, -0.2) is 68.2 Å². The Morgan fingerprint density at radius 1 is 0.925 bits per heavy atom. The predicted molar refractivity (Wildman–Crippen MR) is 159 cm³/mol. The maximum Gasteiger partial charge on any atom is 0.146 e. The maximum absolute atomic E-state index is 14.3. The van der Waals surface area contributed by atoms with E-state index >= 15 is 0 Å². The van der Waals surface area contributed by atoms with Crippen LogP contribution in [0.1, 0.15) is 37.3 Å². The van der Waals surface area contributed by atoms with Crippen LogP contribution in [0, 0.1) is 5.82 Å². The number of halogens is 1. The van der Waals surface area contributed by atoms with Crippen LogP contribution in [0.4, 0.5) is 10.2 Å². The molecule has 8 heteroatoms. The average molecular weight is 538 g/mol. The maximum atomic E-state index is 14.3. The van der Waals surface area contributed by atoms with Gasteiger partial charge in [0.1, 0.15) is 23.6 Å². The highest BCUT2D eigenvalue weighted by Gasteiger charge is 2.30. The molecule has 2 aliphatic rings. The lowest BCUT2D eigenvalue weighted by molar-refractivity contribution is 0.0828. The molecule has 5 aromatic rings. The number of nitrogens with zero attached hydrogens (tertiary/aromatic N) is 6. The van der Waals surface area contributed by atoms with Gasteiger partial charge in [-0.25, -0.2) is 14.4 Å². The molecule has 2 N–H and O–H groups in total. The second kappa shape index (κ2) is 10.3. The summed E-state index contributed by atoms with van der Waals surface area (Å²) < 4.78 is 18.7. The topological polar surface area (TPSA) is 68.1 Å². The van der Waals surface area contributed by atoms with Crippen LogP contribution in [-0.2, 0) is 6.54 Å². The molecule has 40 heavy (non-hydrogen) atoms. The molecule has 1 aliphatic heterocycles. The van der Waals surface area contributed by atoms with Crippen LogP contribution in [0.2, 0.25) is 0 Å². The average Bonchev–Trinajstić information content (AvgIpc) is 3.57. The van der Waals surface area contributed by atoms with Crippen LogP contribution >= 0.6 is 0 Å². The Labute approximate surface area is 234 Å². The van der Waals surface area contributed by atoms with E-state index in [2.05, 4.69) is 61.4 Å². The first-order valence-electron chi connectivity index (χ1n) is 14.4. The Bertz CT molecular complexity index is 1650. The molecule has 0 atom stereocenters. The van der Waals surface area contributed by atoms with E-state index in [-0.39, 0.29) is 5.82 Å². The summed E-state index contributed by atoms with van der Waals surface area (Å²) in [5.41, 5.74) is 11.3. The SMILES string of the molecule is CN1CCN(C2CCC(n3cc(-c4ccc5c(ccn5Cc5ccccc5F)c4)c4c(N)ncnc43)CC2)CC1. The van der Waals surface area contributed by atoms with E-state index in [1.807, 2.05) is 18.3 Å². The molecule has 3 aromatic heterocycles. The van der Waals surface area contributed by atoms with Crippen LogP contribution in [0.5, 0.6) is 0 Å². The first-order valence-corrected chi connectivity index (χ1v) is 14.4. The van der Waals surface area contributed by atoms with Gasteiger partial charge in [-0.15, -0.1) is 0 Å². The Balaban J connectivity index is 1.18. The van der Waals surface area contributed by atoms with Crippen molar-refractivity contribution < 1.29 is 4.39 Å². The lowest BCUT2D eigenvalue weighted by Gasteiger charge is -2.41. The van der Waals surface area contributed by atoms with Crippen molar-refractivity contribution in [3.8, 4) is 11.1 Å². The molecule has 206 valence electrons. The van der Waals surface area contributed by atoms with E-state index in [1.54, 1.807) is 12.4 Å². The molecule has 1 saturated carbocycles. The summed E-state index contributed by atoms with van der Waals surface area (Å²) >= 11 is 0.